The summed E-state index contributed by atoms with van der Waals surface area (Å²) in [7, 11) is 0. The van der Waals surface area contributed by atoms with Gasteiger partial charge >= 0.3 is 5.97 Å². The number of rotatable bonds is 5. The molecule has 8 nitrogen and oxygen atoms in total. The maximum Gasteiger partial charge on any atom is 0.322 e. The van der Waals surface area contributed by atoms with Gasteiger partial charge in [0.15, 0.2) is 5.82 Å². The Morgan fingerprint density at radius 2 is 2.10 bits per heavy atom. The molecule has 1 aromatic carbocycles. The van der Waals surface area contributed by atoms with Crippen LogP contribution in [0.1, 0.15) is 24.2 Å². The van der Waals surface area contributed by atoms with E-state index in [1.807, 2.05) is 6.92 Å². The lowest BCUT2D eigenvalue weighted by Crippen LogP contribution is -2.49. The Balaban J connectivity index is 2.17. The number of pyridine rings is 1. The third-order valence-electron chi connectivity index (χ3n) is 4.90. The number of carbonyl (C=O) groups is 2. The van der Waals surface area contributed by atoms with Crippen LogP contribution in [0.15, 0.2) is 17.1 Å². The highest BCUT2D eigenvalue weighted by molar-refractivity contribution is 5.99. The molecule has 1 unspecified atom stereocenters. The molecule has 1 aliphatic heterocycles. The van der Waals surface area contributed by atoms with Gasteiger partial charge in [0.2, 0.25) is 5.43 Å². The Morgan fingerprint density at radius 3 is 2.72 bits per heavy atom. The average Bonchev–Trinajstić information content (AvgIpc) is 2.67. The van der Waals surface area contributed by atoms with Gasteiger partial charge in [-0.1, -0.05) is 0 Å². The van der Waals surface area contributed by atoms with Gasteiger partial charge in [0.25, 0.3) is 5.91 Å². The Bertz CT molecular complexity index is 1040. The van der Waals surface area contributed by atoms with E-state index in [0.29, 0.717) is 19.6 Å². The molecule has 1 aliphatic rings. The van der Waals surface area contributed by atoms with Gasteiger partial charge in [-0.3, -0.25) is 14.4 Å². The van der Waals surface area contributed by atoms with Gasteiger partial charge in [0, 0.05) is 38.4 Å². The third-order valence-corrected chi connectivity index (χ3v) is 4.90. The molecule has 0 bridgehead atoms. The van der Waals surface area contributed by atoms with Gasteiger partial charge < -0.3 is 25.2 Å². The van der Waals surface area contributed by atoms with Gasteiger partial charge in [0.1, 0.15) is 23.6 Å². The number of nitrogens with one attached hydrogen (secondary N) is 2. The number of hydrogen-bond donors (Lipinski definition) is 3. The van der Waals surface area contributed by atoms with Crippen molar-refractivity contribution in [1.29, 1.82) is 0 Å². The number of aliphatic carboxylic acids is 1. The Kier molecular flexibility index (Phi) is 5.83. The lowest BCUT2D eigenvalue weighted by Gasteiger charge is -2.34. The van der Waals surface area contributed by atoms with E-state index in [0.717, 1.165) is 6.07 Å². The molecule has 156 valence electrons. The largest absolute Gasteiger partial charge is 0.480 e. The fraction of sp³-hybridized carbons (Fsp3) is 0.421. The van der Waals surface area contributed by atoms with Gasteiger partial charge in [0.05, 0.1) is 10.9 Å². The summed E-state index contributed by atoms with van der Waals surface area (Å²) < 4.78 is 31.6. The zero-order valence-corrected chi connectivity index (χ0v) is 16.1. The number of amides is 1. The standard InChI is InChI=1S/C19H22F2N4O4/c1-3-24-9-12(19(29)23-7-14(26)27)18(28)11-6-13(20)17(15(21)16(11)24)25-5-4-22-10(2)8-25/h6,9-10,22H,3-5,7-8H2,1-2H3,(H,23,29)(H,26,27). The highest BCUT2D eigenvalue weighted by atomic mass is 19.1. The predicted molar refractivity (Wildman–Crippen MR) is 103 cm³/mol. The van der Waals surface area contributed by atoms with Crippen LogP contribution >= 0.6 is 0 Å². The van der Waals surface area contributed by atoms with Crippen molar-refractivity contribution < 1.29 is 23.5 Å². The van der Waals surface area contributed by atoms with E-state index < -0.39 is 35.5 Å². The van der Waals surface area contributed by atoms with Crippen molar-refractivity contribution in [1.82, 2.24) is 15.2 Å². The van der Waals surface area contributed by atoms with E-state index in [1.165, 1.54) is 10.8 Å². The van der Waals surface area contributed by atoms with Crippen LogP contribution in [-0.2, 0) is 11.3 Å². The number of hydrogen-bond acceptors (Lipinski definition) is 5. The fourth-order valence-corrected chi connectivity index (χ4v) is 3.56. The Hall–Kier alpha value is -3.01. The van der Waals surface area contributed by atoms with E-state index in [9.17, 15) is 18.8 Å². The SMILES string of the molecule is CCn1cc(C(=O)NCC(=O)O)c(=O)c2cc(F)c(N3CCNC(C)C3)c(F)c21. The van der Waals surface area contributed by atoms with Gasteiger partial charge in [-0.2, -0.15) is 0 Å². The quantitative estimate of drug-likeness (QED) is 0.680. The molecular weight excluding hydrogens is 386 g/mol. The number of aryl methyl sites for hydroxylation is 1. The summed E-state index contributed by atoms with van der Waals surface area (Å²) in [5, 5.41) is 13.7. The van der Waals surface area contributed by atoms with Crippen LogP contribution in [0.5, 0.6) is 0 Å². The summed E-state index contributed by atoms with van der Waals surface area (Å²) in [5.74, 6) is -3.93. The molecule has 1 fully saturated rings. The minimum atomic E-state index is -1.28. The first kappa shape index (κ1) is 20.7. The highest BCUT2D eigenvalue weighted by Gasteiger charge is 2.27. The first-order chi connectivity index (χ1) is 13.7. The van der Waals surface area contributed by atoms with Crippen molar-refractivity contribution in [3.8, 4) is 0 Å². The van der Waals surface area contributed by atoms with Gasteiger partial charge in [-0.25, -0.2) is 8.78 Å². The average molecular weight is 408 g/mol. The number of piperazine rings is 1. The number of nitrogens with zero attached hydrogens (tertiary/aromatic N) is 2. The summed E-state index contributed by atoms with van der Waals surface area (Å²) in [4.78, 5) is 37.2. The maximum atomic E-state index is 15.4. The van der Waals surface area contributed by atoms with Crippen LogP contribution in [0.2, 0.25) is 0 Å². The fourth-order valence-electron chi connectivity index (χ4n) is 3.56. The maximum absolute atomic E-state index is 15.4. The number of carbonyl (C=O) groups excluding carboxylic acids is 1. The smallest absolute Gasteiger partial charge is 0.322 e. The molecule has 1 atom stereocenters. The van der Waals surface area contributed by atoms with Crippen LogP contribution in [-0.4, -0.2) is 53.8 Å². The van der Waals surface area contributed by atoms with Crippen LogP contribution < -0.4 is 21.0 Å². The number of carboxylic acid groups (broad SMARTS) is 1. The van der Waals surface area contributed by atoms with Crippen molar-refractivity contribution in [3.05, 3.63) is 39.7 Å². The third kappa shape index (κ3) is 3.93. The first-order valence-electron chi connectivity index (χ1n) is 9.28. The van der Waals surface area contributed by atoms with Crippen molar-refractivity contribution >= 4 is 28.5 Å². The predicted octanol–water partition coefficient (Wildman–Crippen LogP) is 0.912. The second-order valence-electron chi connectivity index (χ2n) is 6.95. The number of fused-ring (bicyclic) bond motifs is 1. The van der Waals surface area contributed by atoms with E-state index in [-0.39, 0.29) is 34.7 Å². The Morgan fingerprint density at radius 1 is 1.38 bits per heavy atom. The molecule has 2 aromatic rings. The van der Waals surface area contributed by atoms with Crippen LogP contribution in [0.25, 0.3) is 10.9 Å². The lowest BCUT2D eigenvalue weighted by atomic mass is 10.1. The minimum absolute atomic E-state index is 0.0481. The van der Waals surface area contributed by atoms with Gasteiger partial charge in [-0.05, 0) is 19.9 Å². The lowest BCUT2D eigenvalue weighted by molar-refractivity contribution is -0.135. The summed E-state index contributed by atoms with van der Waals surface area (Å²) >= 11 is 0. The van der Waals surface area contributed by atoms with Crippen LogP contribution in [0.3, 0.4) is 0 Å². The van der Waals surface area contributed by atoms with E-state index >= 15 is 4.39 Å². The molecule has 1 saturated heterocycles. The molecule has 29 heavy (non-hydrogen) atoms. The number of benzene rings is 1. The van der Waals surface area contributed by atoms with Crippen LogP contribution in [0.4, 0.5) is 14.5 Å². The van der Waals surface area contributed by atoms with Gasteiger partial charge in [-0.15, -0.1) is 0 Å². The molecule has 3 N–H and O–H groups in total. The molecule has 1 aromatic heterocycles. The molecular formula is C19H22F2N4O4. The number of anilines is 1. The summed E-state index contributed by atoms with van der Waals surface area (Å²) in [6, 6.07) is 0.995. The summed E-state index contributed by atoms with van der Waals surface area (Å²) in [6.45, 7) is 4.54. The van der Waals surface area contributed by atoms with E-state index in [1.54, 1.807) is 11.8 Å². The molecule has 0 radical (unpaired) electrons. The topological polar surface area (TPSA) is 104 Å². The molecule has 0 saturated carbocycles. The number of aromatic nitrogens is 1. The number of carboxylic acids is 1. The second-order valence-corrected chi connectivity index (χ2v) is 6.95. The number of halogens is 2. The molecule has 10 heteroatoms. The van der Waals surface area contributed by atoms with Crippen molar-refractivity contribution in [2.45, 2.75) is 26.4 Å². The molecule has 0 spiro atoms. The zero-order valence-electron chi connectivity index (χ0n) is 16.1. The Labute approximate surface area is 165 Å². The van der Waals surface area contributed by atoms with Crippen molar-refractivity contribution in [3.63, 3.8) is 0 Å². The van der Waals surface area contributed by atoms with E-state index in [2.05, 4.69) is 10.6 Å². The van der Waals surface area contributed by atoms with Crippen molar-refractivity contribution in [2.24, 2.45) is 0 Å². The first-order valence-corrected chi connectivity index (χ1v) is 9.28. The highest BCUT2D eigenvalue weighted by Crippen LogP contribution is 2.30. The summed E-state index contributed by atoms with van der Waals surface area (Å²) in [5.41, 5.74) is -1.51. The van der Waals surface area contributed by atoms with Crippen LogP contribution in [0, 0.1) is 11.6 Å². The summed E-state index contributed by atoms with van der Waals surface area (Å²) in [6.07, 6.45) is 1.17. The second kappa shape index (κ2) is 8.16. The normalized spacial score (nSPS) is 16.8. The monoisotopic (exact) mass is 408 g/mol. The molecule has 2 heterocycles. The molecule has 0 aliphatic carbocycles. The molecule has 1 amide bonds. The van der Waals surface area contributed by atoms with E-state index in [4.69, 9.17) is 5.11 Å². The minimum Gasteiger partial charge on any atom is -0.480 e. The zero-order chi connectivity index (χ0) is 21.3. The molecule has 3 rings (SSSR count). The van der Waals surface area contributed by atoms with Crippen molar-refractivity contribution in [2.75, 3.05) is 31.1 Å².